The van der Waals surface area contributed by atoms with Gasteiger partial charge < -0.3 is 4.90 Å². The predicted octanol–water partition coefficient (Wildman–Crippen LogP) is 17.5. The largest absolute Gasteiger partial charge is 0.311 e. The summed E-state index contributed by atoms with van der Waals surface area (Å²) in [6.07, 6.45) is 0. The van der Waals surface area contributed by atoms with Crippen molar-refractivity contribution in [3.8, 4) is 44.5 Å². The molecule has 312 valence electrons. The quantitative estimate of drug-likeness (QED) is 0.161. The Balaban J connectivity index is 0.895. The highest BCUT2D eigenvalue weighted by Gasteiger charge is 2.53. The average molecular weight is 860 g/mol. The van der Waals surface area contributed by atoms with E-state index in [1.54, 1.807) is 0 Å². The molecule has 0 saturated heterocycles. The minimum atomic E-state index is -0.395. The summed E-state index contributed by atoms with van der Waals surface area (Å²) in [6, 6.07) is 88.1. The molecular formula is C64H45NS. The van der Waals surface area contributed by atoms with E-state index in [1.165, 1.54) is 98.1 Å². The number of rotatable bonds is 6. The van der Waals surface area contributed by atoms with Crippen LogP contribution >= 0.6 is 11.3 Å². The molecule has 2 aliphatic carbocycles. The molecule has 0 saturated carbocycles. The van der Waals surface area contributed by atoms with Crippen LogP contribution < -0.4 is 4.90 Å². The highest BCUT2D eigenvalue weighted by molar-refractivity contribution is 7.25. The van der Waals surface area contributed by atoms with Gasteiger partial charge in [0.1, 0.15) is 0 Å². The molecule has 0 unspecified atom stereocenters. The second kappa shape index (κ2) is 14.9. The van der Waals surface area contributed by atoms with Gasteiger partial charge in [-0.2, -0.15) is 0 Å². The molecule has 13 rings (SSSR count). The van der Waals surface area contributed by atoms with Crippen LogP contribution in [0.5, 0.6) is 0 Å². The maximum atomic E-state index is 2.44. The van der Waals surface area contributed by atoms with Crippen LogP contribution in [0.15, 0.2) is 237 Å². The Morgan fingerprint density at radius 1 is 0.303 bits per heavy atom. The van der Waals surface area contributed by atoms with Crippen LogP contribution in [0, 0.1) is 0 Å². The second-order valence-electron chi connectivity index (χ2n) is 18.4. The number of hydrogen-bond acceptors (Lipinski definition) is 2. The molecule has 66 heavy (non-hydrogen) atoms. The SMILES string of the molecule is CC1(C)c2ccccc2C2(c3ccccc3-c3cc(-c4ccc(N(c5ccc(-c6ccccc6)cc5)c5ccc(-c6ccc7sc8ccccc8c7c6)cc5)cc4)ccc32)c2ccccc21. The molecule has 2 heteroatoms. The average Bonchev–Trinajstić information content (AvgIpc) is 3.90. The van der Waals surface area contributed by atoms with Crippen molar-refractivity contribution >= 4 is 48.6 Å². The molecule has 0 fully saturated rings. The summed E-state index contributed by atoms with van der Waals surface area (Å²) < 4.78 is 2.65. The van der Waals surface area contributed by atoms with Crippen LogP contribution in [-0.4, -0.2) is 0 Å². The minimum Gasteiger partial charge on any atom is -0.311 e. The zero-order valence-electron chi connectivity index (χ0n) is 36.9. The van der Waals surface area contributed by atoms with E-state index in [-0.39, 0.29) is 5.41 Å². The van der Waals surface area contributed by atoms with E-state index >= 15 is 0 Å². The van der Waals surface area contributed by atoms with Crippen LogP contribution in [0.3, 0.4) is 0 Å². The molecule has 2 aliphatic rings. The topological polar surface area (TPSA) is 3.24 Å². The van der Waals surface area contributed by atoms with Gasteiger partial charge in [-0.25, -0.2) is 0 Å². The first-order chi connectivity index (χ1) is 32.5. The van der Waals surface area contributed by atoms with E-state index in [0.29, 0.717) is 0 Å². The lowest BCUT2D eigenvalue weighted by Gasteiger charge is -2.46. The minimum absolute atomic E-state index is 0.119. The number of hydrogen-bond donors (Lipinski definition) is 0. The highest BCUT2D eigenvalue weighted by atomic mass is 32.1. The van der Waals surface area contributed by atoms with Gasteiger partial charge in [0.15, 0.2) is 0 Å². The smallest absolute Gasteiger partial charge is 0.0719 e. The fourth-order valence-electron chi connectivity index (χ4n) is 11.4. The Morgan fingerprint density at radius 2 is 0.727 bits per heavy atom. The van der Waals surface area contributed by atoms with Crippen LogP contribution in [0.2, 0.25) is 0 Å². The highest BCUT2D eigenvalue weighted by Crippen LogP contribution is 2.62. The maximum Gasteiger partial charge on any atom is 0.0719 e. The number of thiophene rings is 1. The van der Waals surface area contributed by atoms with Gasteiger partial charge in [-0.1, -0.05) is 190 Å². The van der Waals surface area contributed by atoms with Crippen molar-refractivity contribution in [2.45, 2.75) is 24.7 Å². The first-order valence-corrected chi connectivity index (χ1v) is 23.8. The molecule has 11 aromatic rings. The molecule has 1 aromatic heterocycles. The third-order valence-corrected chi connectivity index (χ3v) is 15.7. The van der Waals surface area contributed by atoms with Crippen LogP contribution in [-0.2, 0) is 10.8 Å². The van der Waals surface area contributed by atoms with E-state index < -0.39 is 5.41 Å². The Kier molecular flexibility index (Phi) is 8.72. The summed E-state index contributed by atoms with van der Waals surface area (Å²) in [4.78, 5) is 2.38. The van der Waals surface area contributed by atoms with Crippen molar-refractivity contribution in [3.05, 3.63) is 270 Å². The zero-order chi connectivity index (χ0) is 44.0. The van der Waals surface area contributed by atoms with Gasteiger partial charge in [-0.05, 0) is 139 Å². The number of anilines is 3. The van der Waals surface area contributed by atoms with Crippen molar-refractivity contribution in [1.29, 1.82) is 0 Å². The molecule has 0 amide bonds. The van der Waals surface area contributed by atoms with Gasteiger partial charge in [-0.15, -0.1) is 11.3 Å². The van der Waals surface area contributed by atoms with Gasteiger partial charge in [0.05, 0.1) is 5.41 Å². The Morgan fingerprint density at radius 3 is 1.35 bits per heavy atom. The lowest BCUT2D eigenvalue weighted by atomic mass is 9.55. The van der Waals surface area contributed by atoms with E-state index in [9.17, 15) is 0 Å². The summed E-state index contributed by atoms with van der Waals surface area (Å²) in [7, 11) is 0. The van der Waals surface area contributed by atoms with Crippen molar-refractivity contribution in [2.24, 2.45) is 0 Å². The molecule has 0 N–H and O–H groups in total. The summed E-state index contributed by atoms with van der Waals surface area (Å²) >= 11 is 1.86. The molecule has 1 spiro atoms. The van der Waals surface area contributed by atoms with Crippen molar-refractivity contribution < 1.29 is 0 Å². The molecule has 1 heterocycles. The lowest BCUT2D eigenvalue weighted by Crippen LogP contribution is -2.40. The zero-order valence-corrected chi connectivity index (χ0v) is 37.7. The third kappa shape index (κ3) is 5.78. The maximum absolute atomic E-state index is 2.44. The standard InChI is InChI=1S/C64H45NS/c1-63(2)57-19-9-11-21-59(57)64(60-22-12-10-20-58(60)63)55-18-8-6-16-51(55)53-40-46(30-38-56(53)64)44-26-34-49(35-27-44)65(48-32-24-43(25-33-48)42-14-4-3-5-15-42)50-36-28-45(29-37-50)47-31-39-62-54(41-47)52-17-7-13-23-61(52)66-62/h3-41H,1-2H3. The molecule has 0 atom stereocenters. The van der Waals surface area contributed by atoms with E-state index in [4.69, 9.17) is 0 Å². The van der Waals surface area contributed by atoms with E-state index in [1.807, 2.05) is 11.3 Å². The van der Waals surface area contributed by atoms with Crippen molar-refractivity contribution in [3.63, 3.8) is 0 Å². The van der Waals surface area contributed by atoms with Crippen LogP contribution in [0.1, 0.15) is 47.2 Å². The fraction of sp³-hybridized carbons (Fsp3) is 0.0625. The van der Waals surface area contributed by atoms with Gasteiger partial charge in [0.25, 0.3) is 0 Å². The third-order valence-electron chi connectivity index (χ3n) is 14.6. The van der Waals surface area contributed by atoms with Gasteiger partial charge in [0.2, 0.25) is 0 Å². The normalized spacial score (nSPS) is 13.8. The monoisotopic (exact) mass is 859 g/mol. The van der Waals surface area contributed by atoms with Gasteiger partial charge in [0, 0.05) is 42.6 Å². The summed E-state index contributed by atoms with van der Waals surface area (Å²) in [6.45, 7) is 4.77. The Hall–Kier alpha value is -7.78. The molecule has 0 radical (unpaired) electrons. The number of fused-ring (bicyclic) bond motifs is 12. The lowest BCUT2D eigenvalue weighted by molar-refractivity contribution is 0.563. The number of nitrogens with zero attached hydrogens (tertiary/aromatic N) is 1. The first-order valence-electron chi connectivity index (χ1n) is 23.0. The molecular weight excluding hydrogens is 815 g/mol. The van der Waals surface area contributed by atoms with Crippen LogP contribution in [0.4, 0.5) is 17.1 Å². The summed E-state index contributed by atoms with van der Waals surface area (Å²) in [5, 5.41) is 2.64. The Bertz CT molecular complexity index is 3600. The second-order valence-corrected chi connectivity index (χ2v) is 19.5. The van der Waals surface area contributed by atoms with Gasteiger partial charge >= 0.3 is 0 Å². The van der Waals surface area contributed by atoms with Crippen molar-refractivity contribution in [1.82, 2.24) is 0 Å². The first kappa shape index (κ1) is 38.7. The van der Waals surface area contributed by atoms with Gasteiger partial charge in [-0.3, -0.25) is 0 Å². The van der Waals surface area contributed by atoms with E-state index in [0.717, 1.165) is 17.1 Å². The number of benzene rings is 10. The van der Waals surface area contributed by atoms with Crippen molar-refractivity contribution in [2.75, 3.05) is 4.90 Å². The molecule has 10 aromatic carbocycles. The summed E-state index contributed by atoms with van der Waals surface area (Å²) in [5.74, 6) is 0. The molecule has 1 nitrogen and oxygen atoms in total. The Labute approximate surface area is 390 Å². The summed E-state index contributed by atoms with van der Waals surface area (Å²) in [5.41, 5.74) is 21.0. The van der Waals surface area contributed by atoms with E-state index in [2.05, 4.69) is 255 Å². The predicted molar refractivity (Wildman–Crippen MR) is 280 cm³/mol. The van der Waals surface area contributed by atoms with Crippen LogP contribution in [0.25, 0.3) is 64.7 Å². The fourth-order valence-corrected chi connectivity index (χ4v) is 12.5. The molecule has 0 bridgehead atoms. The molecule has 0 aliphatic heterocycles.